The second kappa shape index (κ2) is 9.80. The van der Waals surface area contributed by atoms with Gasteiger partial charge < -0.3 is 20.0 Å². The highest BCUT2D eigenvalue weighted by molar-refractivity contribution is 5.97. The molecule has 0 spiro atoms. The van der Waals surface area contributed by atoms with Crippen LogP contribution in [-0.4, -0.2) is 37.7 Å². The minimum atomic E-state index is -5.08. The fourth-order valence-electron chi connectivity index (χ4n) is 3.39. The van der Waals surface area contributed by atoms with Crippen molar-refractivity contribution in [2.75, 3.05) is 0 Å². The van der Waals surface area contributed by atoms with E-state index in [9.17, 15) is 35.9 Å². The molecule has 1 aromatic carbocycles. The number of benzene rings is 1. The van der Waals surface area contributed by atoms with Crippen LogP contribution in [0.15, 0.2) is 35.4 Å². The van der Waals surface area contributed by atoms with Crippen LogP contribution in [0.5, 0.6) is 0 Å². The normalized spacial score (nSPS) is 13.5. The van der Waals surface area contributed by atoms with Crippen LogP contribution in [0.3, 0.4) is 0 Å². The van der Waals surface area contributed by atoms with Gasteiger partial charge in [-0.25, -0.2) is 9.78 Å². The quantitative estimate of drug-likeness (QED) is 0.471. The number of carbonyl (C=O) groups is 2. The number of aromatic nitrogens is 3. The molecule has 4 rings (SSSR count). The molecule has 0 radical (unpaired) electrons. The zero-order chi connectivity index (χ0) is 26.0. The van der Waals surface area contributed by atoms with Gasteiger partial charge in [0.05, 0.1) is 17.8 Å². The number of aryl methyl sites for hydroxylation is 2. The van der Waals surface area contributed by atoms with Crippen molar-refractivity contribution in [3.8, 4) is 0 Å². The van der Waals surface area contributed by atoms with Crippen molar-refractivity contribution in [1.29, 1.82) is 0 Å². The van der Waals surface area contributed by atoms with Gasteiger partial charge in [0.15, 0.2) is 0 Å². The first-order valence-corrected chi connectivity index (χ1v) is 10.1. The van der Waals surface area contributed by atoms with Crippen LogP contribution >= 0.6 is 0 Å². The van der Waals surface area contributed by atoms with Crippen molar-refractivity contribution in [3.63, 3.8) is 0 Å². The van der Waals surface area contributed by atoms with Crippen LogP contribution in [0, 0.1) is 0 Å². The maximum Gasteiger partial charge on any atom is 0.490 e. The number of H-pyrrole nitrogens is 1. The lowest BCUT2D eigenvalue weighted by Crippen LogP contribution is -2.28. The zero-order valence-corrected chi connectivity index (χ0v) is 17.8. The Morgan fingerprint density at radius 3 is 2.43 bits per heavy atom. The minimum absolute atomic E-state index is 0.0260. The van der Waals surface area contributed by atoms with Gasteiger partial charge >= 0.3 is 18.3 Å². The highest BCUT2D eigenvalue weighted by atomic mass is 19.4. The van der Waals surface area contributed by atoms with Crippen molar-refractivity contribution >= 4 is 22.8 Å². The van der Waals surface area contributed by atoms with Crippen LogP contribution in [0.4, 0.5) is 26.3 Å². The van der Waals surface area contributed by atoms with Gasteiger partial charge in [0, 0.05) is 36.3 Å². The van der Waals surface area contributed by atoms with E-state index in [1.54, 1.807) is 0 Å². The molecule has 35 heavy (non-hydrogen) atoms. The molecule has 1 amide bonds. The summed E-state index contributed by atoms with van der Waals surface area (Å²) in [5.41, 5.74) is -0.910. The third kappa shape index (κ3) is 6.19. The second-order valence-electron chi connectivity index (χ2n) is 7.57. The number of carboxylic acid groups (broad SMARTS) is 1. The summed E-state index contributed by atoms with van der Waals surface area (Å²) in [6.07, 6.45) is -3.48. The van der Waals surface area contributed by atoms with Crippen molar-refractivity contribution in [3.05, 3.63) is 63.5 Å². The predicted molar refractivity (Wildman–Crippen MR) is 110 cm³/mol. The van der Waals surface area contributed by atoms with Gasteiger partial charge in [0.1, 0.15) is 11.4 Å². The number of hydrogen-bond donors (Lipinski definition) is 3. The Labute approximate surface area is 192 Å². The van der Waals surface area contributed by atoms with Crippen LogP contribution < -0.4 is 10.7 Å². The third-order valence-corrected chi connectivity index (χ3v) is 5.08. The summed E-state index contributed by atoms with van der Waals surface area (Å²) in [6.45, 7) is 1.07. The average molecular weight is 504 g/mol. The van der Waals surface area contributed by atoms with Gasteiger partial charge in [-0.2, -0.15) is 26.3 Å². The Morgan fingerprint density at radius 2 is 1.83 bits per heavy atom. The van der Waals surface area contributed by atoms with Gasteiger partial charge in [-0.1, -0.05) is 0 Å². The number of fused-ring (bicyclic) bond motifs is 2. The lowest BCUT2D eigenvalue weighted by atomic mass is 10.1. The number of nitrogens with one attached hydrogen (secondary N) is 2. The van der Waals surface area contributed by atoms with E-state index in [1.807, 2.05) is 6.20 Å². The molecule has 0 saturated heterocycles. The molecule has 1 aliphatic heterocycles. The molecule has 3 aromatic rings. The van der Waals surface area contributed by atoms with Crippen LogP contribution in [0.25, 0.3) is 10.9 Å². The van der Waals surface area contributed by atoms with Crippen molar-refractivity contribution in [2.24, 2.45) is 0 Å². The number of aromatic amines is 1. The van der Waals surface area contributed by atoms with Gasteiger partial charge in [0.25, 0.3) is 5.91 Å². The highest BCUT2D eigenvalue weighted by Crippen LogP contribution is 2.30. The van der Waals surface area contributed by atoms with Crippen LogP contribution in [-0.2, 0) is 30.5 Å². The van der Waals surface area contributed by atoms with E-state index >= 15 is 0 Å². The Hall–Kier alpha value is -3.84. The number of aliphatic carboxylic acids is 1. The molecule has 2 aromatic heterocycles. The van der Waals surface area contributed by atoms with E-state index < -0.39 is 35.2 Å². The summed E-state index contributed by atoms with van der Waals surface area (Å²) >= 11 is 0. The topological polar surface area (TPSA) is 117 Å². The molecule has 0 atom stereocenters. The first-order valence-electron chi connectivity index (χ1n) is 10.1. The Balaban J connectivity index is 0.000000429. The molecule has 3 heterocycles. The Kier molecular flexibility index (Phi) is 7.22. The molecule has 14 heteroatoms. The molecule has 188 valence electrons. The minimum Gasteiger partial charge on any atom is -0.475 e. The highest BCUT2D eigenvalue weighted by Gasteiger charge is 2.38. The Bertz CT molecular complexity index is 1290. The molecule has 1 aliphatic rings. The number of hydrogen-bond acceptors (Lipinski definition) is 4. The largest absolute Gasteiger partial charge is 0.490 e. The fourth-order valence-corrected chi connectivity index (χ4v) is 3.39. The van der Waals surface area contributed by atoms with Gasteiger partial charge in [-0.3, -0.25) is 9.59 Å². The molecular formula is C21H18F6N4O4. The standard InChI is InChI=1S/C19H17F3N4O2.C2HF3O2/c20-19(21,22)11-4-5-13-15(7-11)23-9-14(17(13)27)18(28)24-8-12-10-26-6-2-1-3-16(26)25-12;3-2(4,5)1(6)7/h4-5,7,9-10H,1-3,6,8H2,(H,23,27)(H,24,28);(H,6,7). The monoisotopic (exact) mass is 504 g/mol. The lowest BCUT2D eigenvalue weighted by Gasteiger charge is -2.11. The summed E-state index contributed by atoms with van der Waals surface area (Å²) in [7, 11) is 0. The summed E-state index contributed by atoms with van der Waals surface area (Å²) in [5.74, 6) is -2.37. The summed E-state index contributed by atoms with van der Waals surface area (Å²) in [6, 6.07) is 2.76. The predicted octanol–water partition coefficient (Wildman–Crippen LogP) is 3.64. The second-order valence-corrected chi connectivity index (χ2v) is 7.57. The first-order chi connectivity index (χ1) is 16.3. The average Bonchev–Trinajstić information content (AvgIpc) is 3.20. The molecule has 0 aliphatic carbocycles. The Morgan fingerprint density at radius 1 is 1.14 bits per heavy atom. The van der Waals surface area contributed by atoms with E-state index in [-0.39, 0.29) is 23.0 Å². The number of nitrogens with zero attached hydrogens (tertiary/aromatic N) is 2. The zero-order valence-electron chi connectivity index (χ0n) is 17.8. The summed E-state index contributed by atoms with van der Waals surface area (Å²) in [5, 5.41) is 9.80. The summed E-state index contributed by atoms with van der Waals surface area (Å²) < 4.78 is 72.2. The maximum atomic E-state index is 12.8. The number of carbonyl (C=O) groups excluding carboxylic acids is 1. The van der Waals surface area contributed by atoms with E-state index in [0.717, 1.165) is 56.0 Å². The number of halogens is 6. The van der Waals surface area contributed by atoms with Crippen molar-refractivity contribution < 1.29 is 41.0 Å². The number of pyridine rings is 1. The number of amides is 1. The van der Waals surface area contributed by atoms with Crippen molar-refractivity contribution in [1.82, 2.24) is 19.9 Å². The maximum absolute atomic E-state index is 12.8. The van der Waals surface area contributed by atoms with Crippen LogP contribution in [0.2, 0.25) is 0 Å². The molecule has 8 nitrogen and oxygen atoms in total. The van der Waals surface area contributed by atoms with E-state index in [4.69, 9.17) is 9.90 Å². The number of carboxylic acids is 1. The van der Waals surface area contributed by atoms with Gasteiger partial charge in [-0.15, -0.1) is 0 Å². The van der Waals surface area contributed by atoms with Crippen LogP contribution in [0.1, 0.15) is 40.3 Å². The lowest BCUT2D eigenvalue weighted by molar-refractivity contribution is -0.192. The SMILES string of the molecule is O=C(NCc1cn2c(n1)CCCC2)c1c[nH]c2cc(C(F)(F)F)ccc2c1=O.O=C(O)C(F)(F)F. The van der Waals surface area contributed by atoms with Gasteiger partial charge in [0.2, 0.25) is 5.43 Å². The fraction of sp³-hybridized carbons (Fsp3) is 0.333. The molecule has 0 unspecified atom stereocenters. The van der Waals surface area contributed by atoms with Gasteiger partial charge in [-0.05, 0) is 31.0 Å². The third-order valence-electron chi connectivity index (χ3n) is 5.08. The molecular weight excluding hydrogens is 486 g/mol. The van der Waals surface area contributed by atoms with Crippen molar-refractivity contribution in [2.45, 2.75) is 44.7 Å². The first kappa shape index (κ1) is 25.8. The molecule has 0 saturated carbocycles. The molecule has 0 fully saturated rings. The molecule has 3 N–H and O–H groups in total. The number of alkyl halides is 6. The van der Waals surface area contributed by atoms with E-state index in [2.05, 4.69) is 19.9 Å². The molecule has 0 bridgehead atoms. The smallest absolute Gasteiger partial charge is 0.475 e. The summed E-state index contributed by atoms with van der Waals surface area (Å²) in [4.78, 5) is 40.9. The number of rotatable bonds is 3. The van der Waals surface area contributed by atoms with E-state index in [1.165, 1.54) is 0 Å². The van der Waals surface area contributed by atoms with E-state index in [0.29, 0.717) is 5.69 Å². The number of imidazole rings is 1.